The SMILES string of the molecule is CC[C@@H](CO)NCc1ccc(Cl)cc1C. The lowest BCUT2D eigenvalue weighted by atomic mass is 10.1. The fourth-order valence-electron chi connectivity index (χ4n) is 1.45. The van der Waals surface area contributed by atoms with Gasteiger partial charge in [-0.1, -0.05) is 24.6 Å². The van der Waals surface area contributed by atoms with Gasteiger partial charge in [0.15, 0.2) is 0 Å². The molecule has 0 unspecified atom stereocenters. The topological polar surface area (TPSA) is 32.3 Å². The molecule has 0 fully saturated rings. The van der Waals surface area contributed by atoms with Crippen molar-refractivity contribution in [3.63, 3.8) is 0 Å². The van der Waals surface area contributed by atoms with Gasteiger partial charge in [-0.25, -0.2) is 0 Å². The molecule has 1 atom stereocenters. The molecule has 0 aliphatic carbocycles. The predicted octanol–water partition coefficient (Wildman–Crippen LogP) is 2.51. The highest BCUT2D eigenvalue weighted by molar-refractivity contribution is 6.30. The number of hydrogen-bond donors (Lipinski definition) is 2. The summed E-state index contributed by atoms with van der Waals surface area (Å²) in [6.45, 7) is 5.07. The van der Waals surface area contributed by atoms with Crippen molar-refractivity contribution >= 4 is 11.6 Å². The van der Waals surface area contributed by atoms with Gasteiger partial charge in [-0.05, 0) is 36.6 Å². The van der Waals surface area contributed by atoms with Crippen LogP contribution in [-0.4, -0.2) is 17.8 Å². The van der Waals surface area contributed by atoms with E-state index in [1.807, 2.05) is 25.1 Å². The molecule has 1 aromatic carbocycles. The number of aliphatic hydroxyl groups excluding tert-OH is 1. The highest BCUT2D eigenvalue weighted by Gasteiger charge is 2.04. The Hall–Kier alpha value is -0.570. The van der Waals surface area contributed by atoms with Crippen LogP contribution in [0.5, 0.6) is 0 Å². The van der Waals surface area contributed by atoms with E-state index in [1.54, 1.807) is 0 Å². The lowest BCUT2D eigenvalue weighted by Gasteiger charge is -2.15. The first-order chi connectivity index (χ1) is 7.17. The number of benzene rings is 1. The maximum absolute atomic E-state index is 9.03. The third kappa shape index (κ3) is 3.82. The molecule has 3 heteroatoms. The predicted molar refractivity (Wildman–Crippen MR) is 64.2 cm³/mol. The second-order valence-corrected chi connectivity index (χ2v) is 4.18. The van der Waals surface area contributed by atoms with E-state index in [0.717, 1.165) is 18.0 Å². The molecule has 0 amide bonds. The first-order valence-electron chi connectivity index (χ1n) is 5.26. The van der Waals surface area contributed by atoms with Gasteiger partial charge in [0.2, 0.25) is 0 Å². The van der Waals surface area contributed by atoms with Gasteiger partial charge < -0.3 is 10.4 Å². The Morgan fingerprint density at radius 3 is 2.73 bits per heavy atom. The van der Waals surface area contributed by atoms with Gasteiger partial charge in [0, 0.05) is 17.6 Å². The number of rotatable bonds is 5. The molecule has 0 radical (unpaired) electrons. The lowest BCUT2D eigenvalue weighted by molar-refractivity contribution is 0.238. The molecule has 0 spiro atoms. The summed E-state index contributed by atoms with van der Waals surface area (Å²) >= 11 is 5.87. The molecule has 2 nitrogen and oxygen atoms in total. The van der Waals surface area contributed by atoms with Gasteiger partial charge in [0.1, 0.15) is 0 Å². The molecule has 2 N–H and O–H groups in total. The molecule has 0 saturated heterocycles. The van der Waals surface area contributed by atoms with Crippen molar-refractivity contribution in [2.45, 2.75) is 32.9 Å². The van der Waals surface area contributed by atoms with Crippen LogP contribution in [0.15, 0.2) is 18.2 Å². The monoisotopic (exact) mass is 227 g/mol. The number of halogens is 1. The normalized spacial score (nSPS) is 12.8. The number of aliphatic hydroxyl groups is 1. The van der Waals surface area contributed by atoms with Gasteiger partial charge in [0.25, 0.3) is 0 Å². The Bertz CT molecular complexity index is 310. The zero-order chi connectivity index (χ0) is 11.3. The Morgan fingerprint density at radius 2 is 2.20 bits per heavy atom. The summed E-state index contributed by atoms with van der Waals surface area (Å²) in [5.41, 5.74) is 2.41. The van der Waals surface area contributed by atoms with Gasteiger partial charge >= 0.3 is 0 Å². The first-order valence-corrected chi connectivity index (χ1v) is 5.64. The maximum Gasteiger partial charge on any atom is 0.0584 e. The van der Waals surface area contributed by atoms with Crippen LogP contribution in [0, 0.1) is 6.92 Å². The third-order valence-corrected chi connectivity index (χ3v) is 2.83. The van der Waals surface area contributed by atoms with E-state index in [4.69, 9.17) is 16.7 Å². The minimum Gasteiger partial charge on any atom is -0.395 e. The fraction of sp³-hybridized carbons (Fsp3) is 0.500. The van der Waals surface area contributed by atoms with Crippen LogP contribution in [0.25, 0.3) is 0 Å². The van der Waals surface area contributed by atoms with Crippen molar-refractivity contribution in [2.24, 2.45) is 0 Å². The van der Waals surface area contributed by atoms with E-state index in [2.05, 4.69) is 12.2 Å². The van der Waals surface area contributed by atoms with Crippen molar-refractivity contribution < 1.29 is 5.11 Å². The summed E-state index contributed by atoms with van der Waals surface area (Å²) in [7, 11) is 0. The van der Waals surface area contributed by atoms with Crippen molar-refractivity contribution in [3.8, 4) is 0 Å². The second-order valence-electron chi connectivity index (χ2n) is 3.74. The molecule has 84 valence electrons. The first kappa shape index (κ1) is 12.5. The molecular weight excluding hydrogens is 210 g/mol. The molecular formula is C12H18ClNO. The van der Waals surface area contributed by atoms with Crippen LogP contribution in [-0.2, 0) is 6.54 Å². The standard InChI is InChI=1S/C12H18ClNO/c1-3-12(8-15)14-7-10-4-5-11(13)6-9(10)2/h4-6,12,14-15H,3,7-8H2,1-2H3/t12-/m0/s1. The average Bonchev–Trinajstić information content (AvgIpc) is 2.22. The van der Waals surface area contributed by atoms with E-state index >= 15 is 0 Å². The number of aryl methyl sites for hydroxylation is 1. The zero-order valence-electron chi connectivity index (χ0n) is 9.26. The summed E-state index contributed by atoms with van der Waals surface area (Å²) in [5.74, 6) is 0. The summed E-state index contributed by atoms with van der Waals surface area (Å²) in [6.07, 6.45) is 0.934. The fourth-order valence-corrected chi connectivity index (χ4v) is 1.68. The van der Waals surface area contributed by atoms with Crippen molar-refractivity contribution in [1.29, 1.82) is 0 Å². The third-order valence-electron chi connectivity index (χ3n) is 2.60. The van der Waals surface area contributed by atoms with Gasteiger partial charge in [-0.3, -0.25) is 0 Å². The van der Waals surface area contributed by atoms with E-state index in [-0.39, 0.29) is 12.6 Å². The molecule has 0 aliphatic rings. The summed E-state index contributed by atoms with van der Waals surface area (Å²) in [6, 6.07) is 6.05. The lowest BCUT2D eigenvalue weighted by Crippen LogP contribution is -2.31. The highest BCUT2D eigenvalue weighted by Crippen LogP contribution is 2.15. The van der Waals surface area contributed by atoms with Crippen molar-refractivity contribution in [2.75, 3.05) is 6.61 Å². The molecule has 0 heterocycles. The number of hydrogen-bond acceptors (Lipinski definition) is 2. The zero-order valence-corrected chi connectivity index (χ0v) is 10.0. The average molecular weight is 228 g/mol. The minimum absolute atomic E-state index is 0.181. The Labute approximate surface area is 96.3 Å². The largest absolute Gasteiger partial charge is 0.395 e. The van der Waals surface area contributed by atoms with Gasteiger partial charge in [-0.15, -0.1) is 0 Å². The van der Waals surface area contributed by atoms with Crippen LogP contribution in [0.3, 0.4) is 0 Å². The second kappa shape index (κ2) is 6.11. The highest BCUT2D eigenvalue weighted by atomic mass is 35.5. The summed E-state index contributed by atoms with van der Waals surface area (Å²) in [5, 5.41) is 13.1. The van der Waals surface area contributed by atoms with Crippen molar-refractivity contribution in [1.82, 2.24) is 5.32 Å². The quantitative estimate of drug-likeness (QED) is 0.810. The van der Waals surface area contributed by atoms with Crippen LogP contribution >= 0.6 is 11.6 Å². The van der Waals surface area contributed by atoms with Gasteiger partial charge in [0.05, 0.1) is 6.61 Å². The van der Waals surface area contributed by atoms with E-state index in [0.29, 0.717) is 0 Å². The Balaban J connectivity index is 2.57. The molecule has 0 aliphatic heterocycles. The maximum atomic E-state index is 9.03. The van der Waals surface area contributed by atoms with E-state index in [9.17, 15) is 0 Å². The molecule has 0 saturated carbocycles. The van der Waals surface area contributed by atoms with Crippen LogP contribution < -0.4 is 5.32 Å². The van der Waals surface area contributed by atoms with E-state index in [1.165, 1.54) is 11.1 Å². The number of nitrogens with one attached hydrogen (secondary N) is 1. The summed E-state index contributed by atoms with van der Waals surface area (Å²) in [4.78, 5) is 0. The van der Waals surface area contributed by atoms with Crippen molar-refractivity contribution in [3.05, 3.63) is 34.3 Å². The molecule has 1 aromatic rings. The Morgan fingerprint density at radius 1 is 1.47 bits per heavy atom. The molecule has 15 heavy (non-hydrogen) atoms. The van der Waals surface area contributed by atoms with Gasteiger partial charge in [-0.2, -0.15) is 0 Å². The Kier molecular flexibility index (Phi) is 5.09. The molecule has 0 aromatic heterocycles. The van der Waals surface area contributed by atoms with E-state index < -0.39 is 0 Å². The molecule has 0 bridgehead atoms. The van der Waals surface area contributed by atoms with Crippen LogP contribution in [0.1, 0.15) is 24.5 Å². The smallest absolute Gasteiger partial charge is 0.0584 e. The minimum atomic E-state index is 0.181. The molecule has 1 rings (SSSR count). The summed E-state index contributed by atoms with van der Waals surface area (Å²) < 4.78 is 0. The van der Waals surface area contributed by atoms with Crippen LogP contribution in [0.4, 0.5) is 0 Å². The van der Waals surface area contributed by atoms with Crippen LogP contribution in [0.2, 0.25) is 5.02 Å².